The van der Waals surface area contributed by atoms with Crippen LogP contribution in [0.5, 0.6) is 0 Å². The number of hydrogen-bond acceptors (Lipinski definition) is 5. The molecule has 0 saturated carbocycles. The van der Waals surface area contributed by atoms with Crippen LogP contribution in [-0.2, 0) is 25.3 Å². The summed E-state index contributed by atoms with van der Waals surface area (Å²) in [5, 5.41) is 0. The first-order valence-corrected chi connectivity index (χ1v) is 10.1. The van der Waals surface area contributed by atoms with Crippen molar-refractivity contribution in [2.75, 3.05) is 33.5 Å². The molecule has 1 rings (SSSR count). The van der Waals surface area contributed by atoms with Gasteiger partial charge in [-0.05, 0) is 33.7 Å². The maximum Gasteiger partial charge on any atom is 0.338 e. The van der Waals surface area contributed by atoms with Crippen molar-refractivity contribution in [3.63, 3.8) is 0 Å². The smallest absolute Gasteiger partial charge is 0.338 e. The molecule has 1 aromatic rings. The lowest BCUT2D eigenvalue weighted by Gasteiger charge is -2.09. The number of carbonyl (C=O) groups is 1. The van der Waals surface area contributed by atoms with Crippen LogP contribution in [0.3, 0.4) is 0 Å². The molecule has 0 N–H and O–H groups in total. The normalized spacial score (nSPS) is 11.1. The van der Waals surface area contributed by atoms with Gasteiger partial charge in [-0.2, -0.15) is 0 Å². The molecule has 1 aromatic carbocycles. The third-order valence-corrected chi connectivity index (χ3v) is 3.68. The number of rotatable bonds is 10. The summed E-state index contributed by atoms with van der Waals surface area (Å²) in [7, 11) is 1.37. The standard InChI is InChI=1S/C13H18IO5P/c1-16-13(15)12-5-3-2-4-11(12)10-18-7-6-17-8-9-19-20-14/h2-5,20H,6-10H2,1H3. The fraction of sp³-hybridized carbons (Fsp3) is 0.462. The van der Waals surface area contributed by atoms with Crippen LogP contribution in [0.15, 0.2) is 24.3 Å². The average molecular weight is 412 g/mol. The van der Waals surface area contributed by atoms with E-state index in [2.05, 4.69) is 22.0 Å². The second-order valence-electron chi connectivity index (χ2n) is 3.74. The van der Waals surface area contributed by atoms with Crippen LogP contribution in [0, 0.1) is 0 Å². The molecule has 0 heterocycles. The number of carbonyl (C=O) groups excluding carboxylic acids is 1. The molecule has 7 heteroatoms. The largest absolute Gasteiger partial charge is 0.465 e. The molecule has 5 nitrogen and oxygen atoms in total. The van der Waals surface area contributed by atoms with Gasteiger partial charge >= 0.3 is 5.97 Å². The van der Waals surface area contributed by atoms with Gasteiger partial charge in [-0.3, -0.25) is 0 Å². The maximum atomic E-state index is 11.6. The molecule has 0 bridgehead atoms. The first-order valence-electron chi connectivity index (χ1n) is 6.08. The van der Waals surface area contributed by atoms with E-state index in [0.717, 1.165) is 5.56 Å². The molecular formula is C13H18IO5P. The van der Waals surface area contributed by atoms with Crippen molar-refractivity contribution in [1.82, 2.24) is 0 Å². The molecule has 112 valence electrons. The van der Waals surface area contributed by atoms with E-state index >= 15 is 0 Å². The van der Waals surface area contributed by atoms with Crippen molar-refractivity contribution in [3.8, 4) is 0 Å². The minimum Gasteiger partial charge on any atom is -0.465 e. The fourth-order valence-electron chi connectivity index (χ4n) is 1.50. The molecule has 1 atom stereocenters. The summed E-state index contributed by atoms with van der Waals surface area (Å²) in [5.74, 6) is -0.350. The molecule has 0 spiro atoms. The summed E-state index contributed by atoms with van der Waals surface area (Å²) < 4.78 is 20.7. The van der Waals surface area contributed by atoms with E-state index in [-0.39, 0.29) is 5.97 Å². The van der Waals surface area contributed by atoms with E-state index in [9.17, 15) is 4.79 Å². The van der Waals surface area contributed by atoms with Crippen molar-refractivity contribution in [3.05, 3.63) is 35.4 Å². The molecule has 0 aromatic heterocycles. The van der Waals surface area contributed by atoms with Crippen molar-refractivity contribution in [2.45, 2.75) is 6.61 Å². The van der Waals surface area contributed by atoms with E-state index in [1.54, 1.807) is 12.1 Å². The van der Waals surface area contributed by atoms with Crippen molar-refractivity contribution in [1.29, 1.82) is 0 Å². The predicted molar refractivity (Wildman–Crippen MR) is 86.5 cm³/mol. The van der Waals surface area contributed by atoms with Crippen LogP contribution < -0.4 is 0 Å². The van der Waals surface area contributed by atoms with E-state index in [1.165, 1.54) is 7.11 Å². The molecule has 0 amide bonds. The first-order chi connectivity index (χ1) is 9.79. The molecule has 1 unspecified atom stereocenters. The Kier molecular flexibility index (Phi) is 10.1. The summed E-state index contributed by atoms with van der Waals surface area (Å²) in [6.07, 6.45) is 0. The number of halogens is 1. The monoisotopic (exact) mass is 412 g/mol. The van der Waals surface area contributed by atoms with Crippen LogP contribution in [0.25, 0.3) is 0 Å². The topological polar surface area (TPSA) is 54.0 Å². The maximum absolute atomic E-state index is 11.6. The predicted octanol–water partition coefficient (Wildman–Crippen LogP) is 2.97. The highest BCUT2D eigenvalue weighted by Gasteiger charge is 2.10. The van der Waals surface area contributed by atoms with Crippen molar-refractivity contribution in [2.24, 2.45) is 0 Å². The molecule has 0 aliphatic heterocycles. The van der Waals surface area contributed by atoms with Gasteiger partial charge in [0.15, 0.2) is 0 Å². The van der Waals surface area contributed by atoms with E-state index in [4.69, 9.17) is 18.7 Å². The first kappa shape index (κ1) is 17.8. The van der Waals surface area contributed by atoms with Gasteiger partial charge in [0, 0.05) is 0 Å². The van der Waals surface area contributed by atoms with Gasteiger partial charge < -0.3 is 18.7 Å². The van der Waals surface area contributed by atoms with Crippen molar-refractivity contribution < 1.29 is 23.5 Å². The lowest BCUT2D eigenvalue weighted by atomic mass is 10.1. The fourth-order valence-corrected chi connectivity index (χ4v) is 2.32. The number of esters is 1. The number of methoxy groups -OCH3 is 1. The second-order valence-corrected chi connectivity index (χ2v) is 5.50. The van der Waals surface area contributed by atoms with Crippen LogP contribution >= 0.6 is 28.5 Å². The zero-order valence-electron chi connectivity index (χ0n) is 11.3. The van der Waals surface area contributed by atoms with E-state index in [1.807, 2.05) is 12.1 Å². The van der Waals surface area contributed by atoms with Crippen LogP contribution in [0.4, 0.5) is 0 Å². The Hall–Kier alpha value is -0.270. The number of ether oxygens (including phenoxy) is 3. The Morgan fingerprint density at radius 3 is 2.60 bits per heavy atom. The summed E-state index contributed by atoms with van der Waals surface area (Å²) in [6.45, 7) is 2.98. The lowest BCUT2D eigenvalue weighted by Crippen LogP contribution is -2.10. The number of hydrogen-bond donors (Lipinski definition) is 0. The lowest BCUT2D eigenvalue weighted by molar-refractivity contribution is 0.0314. The van der Waals surface area contributed by atoms with E-state index < -0.39 is 0 Å². The summed E-state index contributed by atoms with van der Waals surface area (Å²) in [6, 6.07) is 7.24. The SMILES string of the molecule is COC(=O)c1ccccc1COCCOCCOPI. The van der Waals surface area contributed by atoms with Gasteiger partial charge in [-0.15, -0.1) is 0 Å². The van der Waals surface area contributed by atoms with Crippen LogP contribution in [0.2, 0.25) is 0 Å². The zero-order valence-corrected chi connectivity index (χ0v) is 14.4. The Labute approximate surface area is 133 Å². The molecule has 20 heavy (non-hydrogen) atoms. The third kappa shape index (κ3) is 6.95. The van der Waals surface area contributed by atoms with Crippen molar-refractivity contribution >= 4 is 34.5 Å². The van der Waals surface area contributed by atoms with Crippen LogP contribution in [-0.4, -0.2) is 39.5 Å². The molecule has 0 radical (unpaired) electrons. The highest BCUT2D eigenvalue weighted by molar-refractivity contribution is 14.2. The molecule has 0 aliphatic rings. The highest BCUT2D eigenvalue weighted by atomic mass is 127. The van der Waals surface area contributed by atoms with Gasteiger partial charge in [0.05, 0.1) is 52.2 Å². The summed E-state index contributed by atoms with van der Waals surface area (Å²) in [4.78, 5) is 11.6. The molecule has 0 fully saturated rings. The minimum atomic E-state index is -0.350. The summed E-state index contributed by atoms with van der Waals surface area (Å²) in [5.41, 5.74) is 1.35. The second kappa shape index (κ2) is 11.4. The van der Waals surface area contributed by atoms with Crippen LogP contribution in [0.1, 0.15) is 15.9 Å². The quantitative estimate of drug-likeness (QED) is 0.256. The third-order valence-electron chi connectivity index (χ3n) is 2.44. The highest BCUT2D eigenvalue weighted by Crippen LogP contribution is 2.20. The van der Waals surface area contributed by atoms with Gasteiger partial charge in [0.25, 0.3) is 0 Å². The summed E-state index contributed by atoms with van der Waals surface area (Å²) >= 11 is 2.17. The Morgan fingerprint density at radius 2 is 1.85 bits per heavy atom. The van der Waals surface area contributed by atoms with Gasteiger partial charge in [0.2, 0.25) is 0 Å². The number of benzene rings is 1. The van der Waals surface area contributed by atoms with Gasteiger partial charge in [-0.25, -0.2) is 4.79 Å². The molecule has 0 saturated heterocycles. The molecular weight excluding hydrogens is 394 g/mol. The molecule has 0 aliphatic carbocycles. The van der Waals surface area contributed by atoms with Gasteiger partial charge in [0.1, 0.15) is 0 Å². The Morgan fingerprint density at radius 1 is 1.15 bits per heavy atom. The van der Waals surface area contributed by atoms with Gasteiger partial charge in [-0.1, -0.05) is 18.2 Å². The van der Waals surface area contributed by atoms with E-state index in [0.29, 0.717) is 45.0 Å². The Balaban J connectivity index is 2.23. The average Bonchev–Trinajstić information content (AvgIpc) is 2.49. The zero-order chi connectivity index (χ0) is 14.6. The minimum absolute atomic E-state index is 0.350. The Bertz CT molecular complexity index is 402.